The van der Waals surface area contributed by atoms with Crippen LogP contribution in [0.4, 0.5) is 0 Å². The third-order valence-corrected chi connectivity index (χ3v) is 6.69. The molecular formula is C35H32N4O18. The summed E-state index contributed by atoms with van der Waals surface area (Å²) in [4.78, 5) is 149. The second-order valence-electron chi connectivity index (χ2n) is 11.0. The summed E-state index contributed by atoms with van der Waals surface area (Å²) in [6.45, 7) is -2.47. The molecule has 0 radical (unpaired) electrons. The highest BCUT2D eigenvalue weighted by atomic mass is 17.2. The maximum absolute atomic E-state index is 12.9. The number of ether oxygens (including phenoxy) is 1. The minimum Gasteiger partial charge on any atom is -0.429 e. The van der Waals surface area contributed by atoms with Gasteiger partial charge in [0, 0.05) is 16.7 Å². The lowest BCUT2D eigenvalue weighted by atomic mass is 9.96. The standard InChI is InChI=1S/C35H32N4O18/c36-18-26(42)51-32(39-31(47)23-14-8-3-9-15-23)33(48)56-53-25(41)17-35(50,34(49)57-55-28(44)20-38-30(46)22-12-6-2-7-13-22)16-24(40)52-54-27(43)19-37-29(45)21-10-4-1-5-11-21/h1-15,32,50H,16-20,36H2,(H,37,45)(H,38,46)(H,39,47). The van der Waals surface area contributed by atoms with Gasteiger partial charge in [0.15, 0.2) is 5.60 Å². The van der Waals surface area contributed by atoms with Gasteiger partial charge < -0.3 is 31.5 Å². The van der Waals surface area contributed by atoms with Crippen molar-refractivity contribution in [3.05, 3.63) is 108 Å². The quantitative estimate of drug-likeness (QED) is 0.0483. The number of aliphatic hydroxyl groups is 1. The molecule has 3 aromatic rings. The van der Waals surface area contributed by atoms with Gasteiger partial charge >= 0.3 is 41.8 Å². The highest BCUT2D eigenvalue weighted by Crippen LogP contribution is 2.21. The van der Waals surface area contributed by atoms with Crippen molar-refractivity contribution >= 4 is 59.5 Å². The molecule has 3 rings (SSSR count). The molecule has 2 atom stereocenters. The average molecular weight is 797 g/mol. The molecule has 300 valence electrons. The van der Waals surface area contributed by atoms with E-state index in [-0.39, 0.29) is 16.7 Å². The second-order valence-corrected chi connectivity index (χ2v) is 11.0. The normalized spacial score (nSPS) is 11.8. The van der Waals surface area contributed by atoms with Crippen LogP contribution in [-0.2, 0) is 67.6 Å². The number of rotatable bonds is 16. The van der Waals surface area contributed by atoms with Gasteiger partial charge in [-0.1, -0.05) is 54.6 Å². The molecule has 2 unspecified atom stereocenters. The molecule has 0 fully saturated rings. The second kappa shape index (κ2) is 21.9. The summed E-state index contributed by atoms with van der Waals surface area (Å²) in [7, 11) is 0. The van der Waals surface area contributed by atoms with E-state index in [1.54, 1.807) is 30.3 Å². The summed E-state index contributed by atoms with van der Waals surface area (Å²) in [5.74, 6) is -13.7. The molecule has 0 aromatic heterocycles. The van der Waals surface area contributed by atoms with Gasteiger partial charge in [-0.05, 0) is 36.4 Å². The highest BCUT2D eigenvalue weighted by molar-refractivity contribution is 5.98. The summed E-state index contributed by atoms with van der Waals surface area (Å²) < 4.78 is 4.71. The molecule has 0 spiro atoms. The molecule has 6 N–H and O–H groups in total. The molecule has 3 amide bonds. The lowest BCUT2D eigenvalue weighted by Crippen LogP contribution is -2.47. The van der Waals surface area contributed by atoms with Crippen LogP contribution in [0.15, 0.2) is 91.0 Å². The molecule has 0 aliphatic rings. The Labute approximate surface area is 320 Å². The Kier molecular flexibility index (Phi) is 16.7. The molecule has 0 aliphatic carbocycles. The third kappa shape index (κ3) is 14.9. The van der Waals surface area contributed by atoms with Crippen molar-refractivity contribution in [2.24, 2.45) is 5.73 Å². The Morgan fingerprint density at radius 1 is 0.526 bits per heavy atom. The number of carbonyl (C=O) groups is 10. The lowest BCUT2D eigenvalue weighted by Gasteiger charge is -2.22. The molecule has 0 bridgehead atoms. The molecule has 3 aromatic carbocycles. The number of carbonyl (C=O) groups excluding carboxylic acids is 10. The van der Waals surface area contributed by atoms with Crippen LogP contribution < -0.4 is 21.7 Å². The fourth-order valence-electron chi connectivity index (χ4n) is 3.98. The molecule has 0 saturated heterocycles. The average Bonchev–Trinajstić information content (AvgIpc) is 3.22. The number of hydrogen-bond acceptors (Lipinski definition) is 19. The van der Waals surface area contributed by atoms with Crippen molar-refractivity contribution in [1.29, 1.82) is 0 Å². The first-order valence-corrected chi connectivity index (χ1v) is 16.1. The summed E-state index contributed by atoms with van der Waals surface area (Å²) >= 11 is 0. The van der Waals surface area contributed by atoms with E-state index < -0.39 is 104 Å². The van der Waals surface area contributed by atoms with Crippen molar-refractivity contribution < 1.29 is 87.1 Å². The van der Waals surface area contributed by atoms with Crippen LogP contribution in [0, 0.1) is 0 Å². The van der Waals surface area contributed by atoms with Crippen LogP contribution in [-0.4, -0.2) is 96.1 Å². The van der Waals surface area contributed by atoms with E-state index >= 15 is 0 Å². The lowest BCUT2D eigenvalue weighted by molar-refractivity contribution is -0.280. The topological polar surface area (TPSA) is 318 Å². The summed E-state index contributed by atoms with van der Waals surface area (Å²) in [6, 6.07) is 22.3. The monoisotopic (exact) mass is 796 g/mol. The van der Waals surface area contributed by atoms with Gasteiger partial charge in [0.05, 0.1) is 19.4 Å². The first-order chi connectivity index (χ1) is 27.2. The number of esters is 1. The number of nitrogens with two attached hydrogens (primary N) is 1. The molecule has 0 saturated carbocycles. The number of amides is 3. The van der Waals surface area contributed by atoms with Crippen LogP contribution in [0.25, 0.3) is 0 Å². The van der Waals surface area contributed by atoms with Crippen LogP contribution >= 0.6 is 0 Å². The Hall–Kier alpha value is -7.72. The zero-order valence-corrected chi connectivity index (χ0v) is 29.2. The number of hydrogen-bond donors (Lipinski definition) is 5. The summed E-state index contributed by atoms with van der Waals surface area (Å²) in [6.07, 6.45) is -5.51. The Morgan fingerprint density at radius 2 is 0.912 bits per heavy atom. The van der Waals surface area contributed by atoms with Crippen LogP contribution in [0.2, 0.25) is 0 Å². The summed E-state index contributed by atoms with van der Waals surface area (Å²) in [5.41, 5.74) is 2.09. The van der Waals surface area contributed by atoms with Crippen LogP contribution in [0.3, 0.4) is 0 Å². The predicted molar refractivity (Wildman–Crippen MR) is 181 cm³/mol. The van der Waals surface area contributed by atoms with Gasteiger partial charge in [-0.2, -0.15) is 0 Å². The van der Waals surface area contributed by atoms with Crippen molar-refractivity contribution in [3.8, 4) is 0 Å². The van der Waals surface area contributed by atoms with Crippen molar-refractivity contribution in [2.45, 2.75) is 24.7 Å². The zero-order valence-electron chi connectivity index (χ0n) is 29.2. The first kappa shape index (κ1) is 43.7. The third-order valence-electron chi connectivity index (χ3n) is 6.69. The van der Waals surface area contributed by atoms with Gasteiger partial charge in [0.25, 0.3) is 23.9 Å². The van der Waals surface area contributed by atoms with E-state index in [0.29, 0.717) is 0 Å². The first-order valence-electron chi connectivity index (χ1n) is 16.1. The molecule has 22 nitrogen and oxygen atoms in total. The molecule has 0 aliphatic heterocycles. The highest BCUT2D eigenvalue weighted by Gasteiger charge is 2.46. The largest absolute Gasteiger partial charge is 0.429 e. The van der Waals surface area contributed by atoms with Gasteiger partial charge in [-0.25, -0.2) is 58.1 Å². The van der Waals surface area contributed by atoms with E-state index in [1.165, 1.54) is 60.7 Å². The van der Waals surface area contributed by atoms with Gasteiger partial charge in [-0.3, -0.25) is 19.2 Å². The predicted octanol–water partition coefficient (Wildman–Crippen LogP) is -1.38. The van der Waals surface area contributed by atoms with E-state index in [4.69, 9.17) is 10.5 Å². The van der Waals surface area contributed by atoms with Crippen molar-refractivity contribution in [1.82, 2.24) is 16.0 Å². The molecular weight excluding hydrogens is 764 g/mol. The minimum absolute atomic E-state index is 0.00607. The smallest absolute Gasteiger partial charge is 0.416 e. The van der Waals surface area contributed by atoms with Crippen LogP contribution in [0.5, 0.6) is 0 Å². The molecule has 22 heteroatoms. The minimum atomic E-state index is -3.41. The fourth-order valence-corrected chi connectivity index (χ4v) is 3.98. The number of benzene rings is 3. The molecule has 57 heavy (non-hydrogen) atoms. The SMILES string of the molecule is NCC(=O)OC(NC(=O)c1ccccc1)C(=O)OOC(=O)CC(O)(CC(=O)OOC(=O)CNC(=O)c1ccccc1)C(=O)OOC(=O)CNC(=O)c1ccccc1. The maximum Gasteiger partial charge on any atom is 0.416 e. The Bertz CT molecular complexity index is 1940. The maximum atomic E-state index is 12.9. The van der Waals surface area contributed by atoms with E-state index in [0.717, 1.165) is 0 Å². The Morgan fingerprint density at radius 3 is 1.35 bits per heavy atom. The van der Waals surface area contributed by atoms with E-state index in [1.807, 2.05) is 5.32 Å². The van der Waals surface area contributed by atoms with Crippen molar-refractivity contribution in [3.63, 3.8) is 0 Å². The summed E-state index contributed by atoms with van der Waals surface area (Å²) in [5, 5.41) is 17.3. The van der Waals surface area contributed by atoms with Gasteiger partial charge in [-0.15, -0.1) is 0 Å². The number of nitrogens with one attached hydrogen (secondary N) is 3. The van der Waals surface area contributed by atoms with Crippen molar-refractivity contribution in [2.75, 3.05) is 19.6 Å². The zero-order chi connectivity index (χ0) is 41.8. The van der Waals surface area contributed by atoms with Crippen LogP contribution in [0.1, 0.15) is 43.9 Å². The Balaban J connectivity index is 1.64. The van der Waals surface area contributed by atoms with E-state index in [9.17, 15) is 53.1 Å². The fraction of sp³-hybridized carbons (Fsp3) is 0.200. The molecule has 0 heterocycles. The van der Waals surface area contributed by atoms with E-state index in [2.05, 4.69) is 40.0 Å². The van der Waals surface area contributed by atoms with Gasteiger partial charge in [0.1, 0.15) is 13.1 Å². The van der Waals surface area contributed by atoms with Gasteiger partial charge in [0.2, 0.25) is 0 Å².